The Labute approximate surface area is 203 Å². The zero-order valence-electron chi connectivity index (χ0n) is 19.7. The van der Waals surface area contributed by atoms with E-state index in [0.717, 1.165) is 54.0 Å². The fraction of sp³-hybridized carbons (Fsp3) is 0.400. The second kappa shape index (κ2) is 8.93. The van der Waals surface area contributed by atoms with Crippen molar-refractivity contribution in [3.05, 3.63) is 53.3 Å². The number of benzene rings is 2. The van der Waals surface area contributed by atoms with Gasteiger partial charge in [0.2, 0.25) is 4.87 Å². The Kier molecular flexibility index (Phi) is 5.96. The molecule has 7 nitrogen and oxygen atoms in total. The first kappa shape index (κ1) is 22.7. The minimum absolute atomic E-state index is 0.308. The highest BCUT2D eigenvalue weighted by Crippen LogP contribution is 2.43. The lowest BCUT2D eigenvalue weighted by Gasteiger charge is -2.35. The van der Waals surface area contributed by atoms with Crippen molar-refractivity contribution in [3.8, 4) is 6.07 Å². The molecule has 1 aromatic heterocycles. The number of halogens is 1. The SMILES string of the molecule is CCn1nc2c(C)cc(N3CCNCC3)cc2c1N(C)C1(C#N)SCN=C1c1ccc(F)cc1. The van der Waals surface area contributed by atoms with Crippen molar-refractivity contribution in [1.29, 1.82) is 5.26 Å². The van der Waals surface area contributed by atoms with E-state index in [-0.39, 0.29) is 5.82 Å². The summed E-state index contributed by atoms with van der Waals surface area (Å²) in [5.74, 6) is 1.05. The van der Waals surface area contributed by atoms with Gasteiger partial charge in [-0.1, -0.05) is 23.9 Å². The summed E-state index contributed by atoms with van der Waals surface area (Å²) in [6, 6.07) is 13.2. The van der Waals surface area contributed by atoms with Crippen LogP contribution in [0.5, 0.6) is 0 Å². The number of aromatic nitrogens is 2. The number of nitrogens with zero attached hydrogens (tertiary/aromatic N) is 6. The van der Waals surface area contributed by atoms with Crippen LogP contribution >= 0.6 is 11.8 Å². The molecule has 2 aromatic carbocycles. The first-order valence-electron chi connectivity index (χ1n) is 11.5. The van der Waals surface area contributed by atoms with Crippen LogP contribution in [0.2, 0.25) is 0 Å². The van der Waals surface area contributed by atoms with E-state index in [4.69, 9.17) is 5.10 Å². The first-order valence-corrected chi connectivity index (χ1v) is 12.5. The molecule has 9 heteroatoms. The molecule has 3 heterocycles. The van der Waals surface area contributed by atoms with Gasteiger partial charge in [-0.25, -0.2) is 9.07 Å². The van der Waals surface area contributed by atoms with Crippen molar-refractivity contribution in [1.82, 2.24) is 15.1 Å². The first-order chi connectivity index (χ1) is 16.5. The van der Waals surface area contributed by atoms with Gasteiger partial charge in [0, 0.05) is 56.4 Å². The zero-order valence-corrected chi connectivity index (χ0v) is 20.5. The normalized spacial score (nSPS) is 20.4. The van der Waals surface area contributed by atoms with Crippen LogP contribution in [-0.4, -0.2) is 59.5 Å². The van der Waals surface area contributed by atoms with Crippen LogP contribution in [0.4, 0.5) is 15.9 Å². The van der Waals surface area contributed by atoms with E-state index in [0.29, 0.717) is 18.1 Å². The number of nitrogens with one attached hydrogen (secondary N) is 1. The Balaban J connectivity index is 1.65. The molecule has 2 aliphatic rings. The molecule has 0 amide bonds. The summed E-state index contributed by atoms with van der Waals surface area (Å²) in [5.41, 5.74) is 4.64. The molecule has 1 saturated heterocycles. The van der Waals surface area contributed by atoms with E-state index in [2.05, 4.69) is 47.3 Å². The van der Waals surface area contributed by atoms with E-state index in [1.807, 2.05) is 16.6 Å². The predicted octanol–water partition coefficient (Wildman–Crippen LogP) is 3.76. The third kappa shape index (κ3) is 3.62. The van der Waals surface area contributed by atoms with Crippen LogP contribution in [0.25, 0.3) is 10.9 Å². The number of aryl methyl sites for hydroxylation is 2. The highest BCUT2D eigenvalue weighted by Gasteiger charge is 2.47. The number of rotatable bonds is 5. The van der Waals surface area contributed by atoms with Gasteiger partial charge in [0.05, 0.1) is 17.1 Å². The van der Waals surface area contributed by atoms with Crippen molar-refractivity contribution in [3.63, 3.8) is 0 Å². The maximum Gasteiger partial charge on any atom is 0.220 e. The number of nitriles is 1. The van der Waals surface area contributed by atoms with Gasteiger partial charge in [0.1, 0.15) is 17.7 Å². The largest absolute Gasteiger partial charge is 0.369 e. The van der Waals surface area contributed by atoms with Crippen molar-refractivity contribution < 1.29 is 4.39 Å². The fourth-order valence-electron chi connectivity index (χ4n) is 4.88. The molecule has 34 heavy (non-hydrogen) atoms. The van der Waals surface area contributed by atoms with Gasteiger partial charge in [0.15, 0.2) is 0 Å². The molecule has 176 valence electrons. The smallest absolute Gasteiger partial charge is 0.220 e. The molecular formula is C25H28FN7S. The Hall–Kier alpha value is -3.09. The second-order valence-electron chi connectivity index (χ2n) is 8.64. The standard InChI is InChI=1S/C25H28FN7S/c1-4-33-24(21-14-20(13-17(2)22(21)30-33)32-11-9-28-10-12-32)31(3)25(15-27)23(29-16-34-25)18-5-7-19(26)8-6-18/h5-8,13-14,28H,4,9-12,16H2,1-3H3. The van der Waals surface area contributed by atoms with Gasteiger partial charge in [-0.05, 0) is 43.7 Å². The number of aliphatic imine (C=N–C) groups is 1. The van der Waals surface area contributed by atoms with Crippen LogP contribution < -0.4 is 15.1 Å². The quantitative estimate of drug-likeness (QED) is 0.603. The Morgan fingerprint density at radius 1 is 1.24 bits per heavy atom. The van der Waals surface area contributed by atoms with Crippen molar-refractivity contribution in [2.45, 2.75) is 25.3 Å². The number of piperazine rings is 1. The molecule has 5 rings (SSSR count). The van der Waals surface area contributed by atoms with E-state index in [9.17, 15) is 9.65 Å². The van der Waals surface area contributed by atoms with Crippen molar-refractivity contribution >= 4 is 39.9 Å². The maximum absolute atomic E-state index is 13.6. The molecule has 0 spiro atoms. The monoisotopic (exact) mass is 477 g/mol. The summed E-state index contributed by atoms with van der Waals surface area (Å²) < 4.78 is 15.6. The fourth-order valence-corrected chi connectivity index (χ4v) is 5.92. The zero-order chi connectivity index (χ0) is 23.9. The van der Waals surface area contributed by atoms with Crippen LogP contribution in [0.3, 0.4) is 0 Å². The van der Waals surface area contributed by atoms with Crippen LogP contribution in [0, 0.1) is 24.1 Å². The third-order valence-electron chi connectivity index (χ3n) is 6.65. The number of fused-ring (bicyclic) bond motifs is 1. The highest BCUT2D eigenvalue weighted by molar-refractivity contribution is 8.02. The summed E-state index contributed by atoms with van der Waals surface area (Å²) in [6.07, 6.45) is 0. The Bertz CT molecular complexity index is 1290. The van der Waals surface area contributed by atoms with E-state index >= 15 is 0 Å². The number of hydrogen-bond acceptors (Lipinski definition) is 7. The number of thioether (sulfide) groups is 1. The lowest BCUT2D eigenvalue weighted by atomic mass is 10.0. The molecular weight excluding hydrogens is 449 g/mol. The number of hydrogen-bond donors (Lipinski definition) is 1. The minimum atomic E-state index is -1.04. The number of anilines is 2. The van der Waals surface area contributed by atoms with E-state index in [1.165, 1.54) is 29.6 Å². The lowest BCUT2D eigenvalue weighted by Crippen LogP contribution is -2.49. The van der Waals surface area contributed by atoms with Gasteiger partial charge in [-0.2, -0.15) is 10.4 Å². The average molecular weight is 478 g/mol. The summed E-state index contributed by atoms with van der Waals surface area (Å²) >= 11 is 1.48. The van der Waals surface area contributed by atoms with Gasteiger partial charge in [0.25, 0.3) is 0 Å². The summed E-state index contributed by atoms with van der Waals surface area (Å²) in [6.45, 7) is 8.67. The number of likely N-dealkylation sites (N-methyl/N-ethyl adjacent to an activating group) is 1. The molecule has 1 atom stereocenters. The molecule has 0 bridgehead atoms. The van der Waals surface area contributed by atoms with Crippen LogP contribution in [0.15, 0.2) is 41.4 Å². The van der Waals surface area contributed by atoms with Crippen LogP contribution in [0.1, 0.15) is 18.1 Å². The summed E-state index contributed by atoms with van der Waals surface area (Å²) in [5, 5.41) is 19.9. The van der Waals surface area contributed by atoms with Gasteiger partial charge >= 0.3 is 0 Å². The van der Waals surface area contributed by atoms with Gasteiger partial charge < -0.3 is 15.1 Å². The molecule has 3 aromatic rings. The molecule has 1 N–H and O–H groups in total. The summed E-state index contributed by atoms with van der Waals surface area (Å²) in [4.78, 5) is 8.04. The molecule has 1 fully saturated rings. The van der Waals surface area contributed by atoms with Crippen molar-refractivity contribution in [2.24, 2.45) is 4.99 Å². The highest BCUT2D eigenvalue weighted by atomic mass is 32.2. The minimum Gasteiger partial charge on any atom is -0.369 e. The maximum atomic E-state index is 13.6. The Morgan fingerprint density at radius 2 is 1.97 bits per heavy atom. The third-order valence-corrected chi connectivity index (χ3v) is 7.88. The average Bonchev–Trinajstić information content (AvgIpc) is 3.47. The van der Waals surface area contributed by atoms with E-state index < -0.39 is 4.87 Å². The molecule has 1 unspecified atom stereocenters. The Morgan fingerprint density at radius 3 is 2.65 bits per heavy atom. The molecule has 0 radical (unpaired) electrons. The topological polar surface area (TPSA) is 72.5 Å². The second-order valence-corrected chi connectivity index (χ2v) is 9.77. The van der Waals surface area contributed by atoms with Crippen molar-refractivity contribution in [2.75, 3.05) is 48.9 Å². The lowest BCUT2D eigenvalue weighted by molar-refractivity contribution is 0.589. The van der Waals surface area contributed by atoms with Gasteiger partial charge in [-0.3, -0.25) is 4.99 Å². The summed E-state index contributed by atoms with van der Waals surface area (Å²) in [7, 11) is 1.94. The van der Waals surface area contributed by atoms with Gasteiger partial charge in [-0.15, -0.1) is 0 Å². The van der Waals surface area contributed by atoms with Crippen LogP contribution in [-0.2, 0) is 6.54 Å². The van der Waals surface area contributed by atoms with E-state index in [1.54, 1.807) is 12.1 Å². The molecule has 0 aliphatic carbocycles. The molecule has 2 aliphatic heterocycles. The molecule has 0 saturated carbocycles. The predicted molar refractivity (Wildman–Crippen MR) is 137 cm³/mol.